The van der Waals surface area contributed by atoms with E-state index < -0.39 is 106 Å². The molecule has 58 heavy (non-hydrogen) atoms. The molecule has 11 atom stereocenters. The van der Waals surface area contributed by atoms with E-state index in [9.17, 15) is 34.8 Å². The van der Waals surface area contributed by atoms with Crippen molar-refractivity contribution in [1.82, 2.24) is 5.32 Å². The maximum Gasteiger partial charge on any atom is 0.408 e. The van der Waals surface area contributed by atoms with Gasteiger partial charge in [-0.15, -0.1) is 0 Å². The summed E-state index contributed by atoms with van der Waals surface area (Å²) in [6, 6.07) is 14.9. The van der Waals surface area contributed by atoms with Crippen molar-refractivity contribution < 1.29 is 63.3 Å². The smallest absolute Gasteiger partial charge is 0.408 e. The lowest BCUT2D eigenvalue weighted by molar-refractivity contribution is -0.347. The number of carbonyl (C=O) groups is 4. The predicted molar refractivity (Wildman–Crippen MR) is 208 cm³/mol. The molecule has 2 bridgehead atoms. The van der Waals surface area contributed by atoms with Gasteiger partial charge in [0.05, 0.1) is 41.4 Å². The minimum absolute atomic E-state index is 0.0143. The van der Waals surface area contributed by atoms with Gasteiger partial charge < -0.3 is 49.4 Å². The number of carbonyl (C=O) groups excluding carboxylic acids is 4. The summed E-state index contributed by atoms with van der Waals surface area (Å²) in [7, 11) is 0. The number of aliphatic hydroxyl groups is 4. The standard InChI is InChI=1S/C44H55NO13/c1-23(2)57-43-22-54-29(43)20-28(46)42(9)34(43)36(56-37(50)26-18-14-11-15-19-26)44(53)21-27(24(3)30(41(44,7)8)32(47)35(42)49)55-38(51)33(48)31(25-16-12-10-13-17-25)45-39(52)58-40(4,5)6/h10-19,27-29,31-34,36,46-48,53H,1,20-22H2,2-9H3,(H,45,52)/t27-,28-,29+,31-,32+,33+,34-,36-,42+,43-,44+/m0/s1. The molecule has 5 N–H and O–H groups in total. The average molecular weight is 806 g/mol. The van der Waals surface area contributed by atoms with Crippen LogP contribution in [-0.4, -0.2) is 104 Å². The number of benzene rings is 2. The van der Waals surface area contributed by atoms with Gasteiger partial charge in [-0.25, -0.2) is 14.4 Å². The molecule has 3 aliphatic carbocycles. The van der Waals surface area contributed by atoms with Crippen molar-refractivity contribution in [3.8, 4) is 0 Å². The molecule has 1 aliphatic heterocycles. The Morgan fingerprint density at radius 2 is 1.59 bits per heavy atom. The van der Waals surface area contributed by atoms with Gasteiger partial charge in [-0.2, -0.15) is 0 Å². The number of allylic oxidation sites excluding steroid dienone is 1. The number of Topliss-reactive ketones (excluding diaryl/α,β-unsaturated/α-hetero) is 1. The first-order valence-corrected chi connectivity index (χ1v) is 19.5. The fourth-order valence-electron chi connectivity index (χ4n) is 9.62. The number of nitrogens with one attached hydrogen (secondary N) is 1. The number of amides is 1. The second-order valence-electron chi connectivity index (χ2n) is 17.8. The van der Waals surface area contributed by atoms with Crippen molar-refractivity contribution in [2.24, 2.45) is 16.7 Å². The lowest BCUT2D eigenvalue weighted by Crippen LogP contribution is -2.81. The number of alkyl carbamates (subject to hydrolysis) is 1. The summed E-state index contributed by atoms with van der Waals surface area (Å²) >= 11 is 0. The lowest BCUT2D eigenvalue weighted by Gasteiger charge is -2.67. The van der Waals surface area contributed by atoms with Crippen LogP contribution in [0.25, 0.3) is 0 Å². The summed E-state index contributed by atoms with van der Waals surface area (Å²) in [6.07, 6.45) is -10.8. The molecular weight excluding hydrogens is 750 g/mol. The molecule has 3 fully saturated rings. The van der Waals surface area contributed by atoms with Crippen LogP contribution in [0, 0.1) is 16.7 Å². The first-order chi connectivity index (χ1) is 27.0. The fourth-order valence-corrected chi connectivity index (χ4v) is 9.62. The van der Waals surface area contributed by atoms with E-state index in [4.69, 9.17) is 23.7 Å². The van der Waals surface area contributed by atoms with E-state index in [1.54, 1.807) is 90.1 Å². The van der Waals surface area contributed by atoms with Crippen LogP contribution in [0.2, 0.25) is 0 Å². The number of fused-ring (bicyclic) bond motifs is 5. The molecule has 0 radical (unpaired) electrons. The van der Waals surface area contributed by atoms with Gasteiger partial charge in [0.15, 0.2) is 17.5 Å². The van der Waals surface area contributed by atoms with Gasteiger partial charge in [-0.3, -0.25) is 4.79 Å². The van der Waals surface area contributed by atoms with E-state index in [1.165, 1.54) is 26.0 Å². The SMILES string of the molecule is C=C(C)O[C@@]12CO[C@@H]1C[C@H](O)[C@@]1(C)C(=O)[C@H](O)C3=C(C)[C@@H](OC(=O)[C@H](O)[C@@H](NC(=O)OC(C)(C)C)c4ccccc4)C[C@@](O)([C@@H](OC(=O)c4ccccc4)[C@H]21)C3(C)C. The molecule has 2 saturated carbocycles. The van der Waals surface area contributed by atoms with Crippen LogP contribution in [-0.2, 0) is 33.3 Å². The van der Waals surface area contributed by atoms with Crippen LogP contribution < -0.4 is 5.32 Å². The van der Waals surface area contributed by atoms with Crippen LogP contribution in [0.1, 0.15) is 90.2 Å². The third kappa shape index (κ3) is 7.12. The maximum atomic E-state index is 15.0. The Kier molecular flexibility index (Phi) is 11.3. The quantitative estimate of drug-likeness (QED) is 0.104. The Bertz CT molecular complexity index is 1970. The molecule has 0 unspecified atom stereocenters. The highest BCUT2D eigenvalue weighted by molar-refractivity contribution is 5.94. The second-order valence-corrected chi connectivity index (χ2v) is 17.8. The molecular formula is C44H55NO13. The Balaban J connectivity index is 1.49. The minimum Gasteiger partial charge on any atom is -0.487 e. The molecule has 0 aromatic heterocycles. The molecule has 1 amide bonds. The predicted octanol–water partition coefficient (Wildman–Crippen LogP) is 4.25. The molecule has 2 aromatic carbocycles. The zero-order valence-electron chi connectivity index (χ0n) is 34.2. The van der Waals surface area contributed by atoms with Crippen molar-refractivity contribution in [3.63, 3.8) is 0 Å². The number of aliphatic hydroxyl groups excluding tert-OH is 3. The number of ether oxygens (including phenoxy) is 5. The largest absolute Gasteiger partial charge is 0.487 e. The van der Waals surface area contributed by atoms with E-state index >= 15 is 4.79 Å². The number of ketones is 1. The second kappa shape index (κ2) is 15.2. The summed E-state index contributed by atoms with van der Waals surface area (Å²) in [5.41, 5.74) is -7.46. The highest BCUT2D eigenvalue weighted by Crippen LogP contribution is 2.64. The fraction of sp³-hybridized carbons (Fsp3) is 0.545. The van der Waals surface area contributed by atoms with Crippen molar-refractivity contribution in [3.05, 3.63) is 95.3 Å². The number of esters is 2. The Labute approximate surface area is 338 Å². The number of rotatable bonds is 9. The van der Waals surface area contributed by atoms with Crippen molar-refractivity contribution >= 4 is 23.8 Å². The highest BCUT2D eigenvalue weighted by atomic mass is 16.6. The monoisotopic (exact) mass is 805 g/mol. The molecule has 1 saturated heterocycles. The van der Waals surface area contributed by atoms with Crippen molar-refractivity contribution in [2.45, 2.75) is 128 Å². The lowest BCUT2D eigenvalue weighted by atomic mass is 9.44. The van der Waals surface area contributed by atoms with E-state index in [2.05, 4.69) is 11.9 Å². The normalized spacial score (nSPS) is 33.7. The Morgan fingerprint density at radius 1 is 0.983 bits per heavy atom. The van der Waals surface area contributed by atoms with Crippen LogP contribution in [0.3, 0.4) is 0 Å². The number of hydrogen-bond donors (Lipinski definition) is 5. The van der Waals surface area contributed by atoms with Crippen LogP contribution in [0.4, 0.5) is 4.79 Å². The first kappa shape index (κ1) is 43.0. The van der Waals surface area contributed by atoms with Crippen molar-refractivity contribution in [1.29, 1.82) is 0 Å². The zero-order valence-corrected chi connectivity index (χ0v) is 34.2. The molecule has 0 spiro atoms. The topological polar surface area (TPSA) is 207 Å². The summed E-state index contributed by atoms with van der Waals surface area (Å²) in [5.74, 6) is -4.03. The maximum absolute atomic E-state index is 15.0. The first-order valence-electron chi connectivity index (χ1n) is 19.5. The van der Waals surface area contributed by atoms with Gasteiger partial charge in [0, 0.05) is 18.3 Å². The molecule has 2 aromatic rings. The van der Waals surface area contributed by atoms with E-state index in [0.29, 0.717) is 5.56 Å². The van der Waals surface area contributed by atoms with Crippen LogP contribution in [0.5, 0.6) is 0 Å². The van der Waals surface area contributed by atoms with Gasteiger partial charge in [-0.1, -0.05) is 69.0 Å². The molecule has 4 aliphatic rings. The van der Waals surface area contributed by atoms with Crippen molar-refractivity contribution in [2.75, 3.05) is 6.61 Å². The van der Waals surface area contributed by atoms with Gasteiger partial charge in [0.1, 0.15) is 35.6 Å². The third-order valence-electron chi connectivity index (χ3n) is 12.6. The highest BCUT2D eigenvalue weighted by Gasteiger charge is 2.77. The zero-order chi connectivity index (χ0) is 42.7. The molecule has 1 heterocycles. The minimum atomic E-state index is -2.27. The van der Waals surface area contributed by atoms with Crippen LogP contribution in [0.15, 0.2) is 84.1 Å². The van der Waals surface area contributed by atoms with E-state index in [1.807, 2.05) is 0 Å². The Morgan fingerprint density at radius 3 is 2.14 bits per heavy atom. The van der Waals surface area contributed by atoms with Crippen LogP contribution >= 0.6 is 0 Å². The van der Waals surface area contributed by atoms with Gasteiger partial charge in [0.2, 0.25) is 0 Å². The molecule has 6 rings (SSSR count). The third-order valence-corrected chi connectivity index (χ3v) is 12.6. The number of hydrogen-bond acceptors (Lipinski definition) is 13. The molecule has 14 nitrogen and oxygen atoms in total. The molecule has 314 valence electrons. The Hall–Kier alpha value is -4.60. The van der Waals surface area contributed by atoms with Gasteiger partial charge in [-0.05, 0) is 70.4 Å². The van der Waals surface area contributed by atoms with Gasteiger partial charge >= 0.3 is 18.0 Å². The van der Waals surface area contributed by atoms with E-state index in [0.717, 1.165) is 0 Å². The summed E-state index contributed by atoms with van der Waals surface area (Å²) in [6.45, 7) is 16.6. The van der Waals surface area contributed by atoms with Gasteiger partial charge in [0.25, 0.3) is 0 Å². The average Bonchev–Trinajstić information content (AvgIpc) is 3.14. The summed E-state index contributed by atoms with van der Waals surface area (Å²) < 4.78 is 30.2. The molecule has 14 heteroatoms. The summed E-state index contributed by atoms with van der Waals surface area (Å²) in [5, 5.41) is 51.8. The van der Waals surface area contributed by atoms with E-state index in [-0.39, 0.29) is 35.5 Å². The summed E-state index contributed by atoms with van der Waals surface area (Å²) in [4.78, 5) is 56.2.